The van der Waals surface area contributed by atoms with Gasteiger partial charge in [-0.2, -0.15) is 11.8 Å². The van der Waals surface area contributed by atoms with E-state index in [0.29, 0.717) is 32.1 Å². The van der Waals surface area contributed by atoms with Crippen LogP contribution in [0.4, 0.5) is 4.39 Å². The van der Waals surface area contributed by atoms with Crippen molar-refractivity contribution in [2.24, 2.45) is 4.99 Å². The molecule has 0 amide bonds. The monoisotopic (exact) mass is 432 g/mol. The molecule has 2 N–H and O–H groups in total. The van der Waals surface area contributed by atoms with Crippen LogP contribution in [0.3, 0.4) is 0 Å². The molecule has 0 spiro atoms. The molecule has 1 aromatic rings. The molecular formula is C18H29FN4O3S2. The molecule has 1 aromatic carbocycles. The summed E-state index contributed by atoms with van der Waals surface area (Å²) in [6.07, 6.45) is -0.332. The van der Waals surface area contributed by atoms with Crippen LogP contribution in [0.15, 0.2) is 29.3 Å². The molecule has 158 valence electrons. The van der Waals surface area contributed by atoms with Gasteiger partial charge in [0.2, 0.25) is 10.0 Å². The van der Waals surface area contributed by atoms with Gasteiger partial charge in [0.05, 0.1) is 12.3 Å². The smallest absolute Gasteiger partial charge is 0.215 e. The van der Waals surface area contributed by atoms with Crippen LogP contribution in [-0.4, -0.2) is 74.8 Å². The molecule has 0 aromatic heterocycles. The van der Waals surface area contributed by atoms with Gasteiger partial charge in [-0.15, -0.1) is 0 Å². The molecular weight excluding hydrogens is 403 g/mol. The minimum Gasteiger partial charge on any atom is -0.486 e. The Kier molecular flexibility index (Phi) is 9.33. The summed E-state index contributed by atoms with van der Waals surface area (Å²) >= 11 is 1.77. The molecule has 7 nitrogen and oxygen atoms in total. The highest BCUT2D eigenvalue weighted by Crippen LogP contribution is 2.17. The normalized spacial score (nSPS) is 17.2. The predicted octanol–water partition coefficient (Wildman–Crippen LogP) is 1.53. The number of thioether (sulfide) groups is 1. The van der Waals surface area contributed by atoms with E-state index in [1.54, 1.807) is 41.2 Å². The Balaban J connectivity index is 1.83. The van der Waals surface area contributed by atoms with Gasteiger partial charge in [-0.3, -0.25) is 0 Å². The fourth-order valence-corrected chi connectivity index (χ4v) is 5.10. The van der Waals surface area contributed by atoms with Crippen LogP contribution in [0.5, 0.6) is 5.75 Å². The van der Waals surface area contributed by atoms with E-state index in [0.717, 1.165) is 11.5 Å². The van der Waals surface area contributed by atoms with Crippen molar-refractivity contribution in [3.63, 3.8) is 0 Å². The third kappa shape index (κ3) is 7.48. The molecule has 1 unspecified atom stereocenters. The van der Waals surface area contributed by atoms with Crippen molar-refractivity contribution < 1.29 is 17.5 Å². The first-order chi connectivity index (χ1) is 13.4. The Labute approximate surface area is 171 Å². The standard InChI is InChI=1S/C18H29FN4O3S2/c1-3-20-18(21-8-13-28(24,25)23-9-11-27-12-10-23)22-14-15(2)26-17-7-5-4-6-16(17)19/h4-7,15H,3,8-14H2,1-2H3,(H2,20,21,22). The molecule has 0 bridgehead atoms. The third-order valence-electron chi connectivity index (χ3n) is 4.03. The lowest BCUT2D eigenvalue weighted by atomic mass is 10.3. The number of halogens is 1. The second-order valence-corrected chi connectivity index (χ2v) is 9.65. The maximum absolute atomic E-state index is 13.7. The summed E-state index contributed by atoms with van der Waals surface area (Å²) < 4.78 is 45.6. The summed E-state index contributed by atoms with van der Waals surface area (Å²) in [7, 11) is -3.26. The van der Waals surface area contributed by atoms with Crippen LogP contribution >= 0.6 is 11.8 Å². The topological polar surface area (TPSA) is 83.0 Å². The fraction of sp³-hybridized carbons (Fsp3) is 0.611. The number of nitrogens with zero attached hydrogens (tertiary/aromatic N) is 2. The highest BCUT2D eigenvalue weighted by molar-refractivity contribution is 7.99. The van der Waals surface area contributed by atoms with Gasteiger partial charge in [0, 0.05) is 37.7 Å². The van der Waals surface area contributed by atoms with Gasteiger partial charge in [0.1, 0.15) is 6.10 Å². The summed E-state index contributed by atoms with van der Waals surface area (Å²) in [4.78, 5) is 4.41. The van der Waals surface area contributed by atoms with Gasteiger partial charge in [0.15, 0.2) is 17.5 Å². The van der Waals surface area contributed by atoms with Crippen LogP contribution in [0.25, 0.3) is 0 Å². The van der Waals surface area contributed by atoms with E-state index in [9.17, 15) is 12.8 Å². The van der Waals surface area contributed by atoms with Crippen molar-refractivity contribution in [3.8, 4) is 5.75 Å². The summed E-state index contributed by atoms with van der Waals surface area (Å²) in [6, 6.07) is 6.23. The van der Waals surface area contributed by atoms with Gasteiger partial charge in [-0.1, -0.05) is 12.1 Å². The van der Waals surface area contributed by atoms with E-state index < -0.39 is 15.8 Å². The quantitative estimate of drug-likeness (QED) is 0.455. The lowest BCUT2D eigenvalue weighted by Gasteiger charge is -2.25. The molecule has 1 fully saturated rings. The number of aliphatic imine (C=N–C) groups is 1. The van der Waals surface area contributed by atoms with Crippen LogP contribution in [0.2, 0.25) is 0 Å². The number of ether oxygens (including phenoxy) is 1. The summed E-state index contributed by atoms with van der Waals surface area (Å²) in [6.45, 7) is 6.10. The van der Waals surface area contributed by atoms with Gasteiger partial charge >= 0.3 is 0 Å². The Hall–Kier alpha value is -1.52. The number of hydrogen-bond acceptors (Lipinski definition) is 5. The summed E-state index contributed by atoms with van der Waals surface area (Å²) in [5.74, 6) is 1.99. The van der Waals surface area contributed by atoms with Crippen molar-refractivity contribution >= 4 is 27.7 Å². The number of nitrogens with one attached hydrogen (secondary N) is 2. The van der Waals surface area contributed by atoms with Gasteiger partial charge in [-0.05, 0) is 26.0 Å². The predicted molar refractivity (Wildman–Crippen MR) is 113 cm³/mol. The van der Waals surface area contributed by atoms with Crippen LogP contribution in [0, 0.1) is 5.82 Å². The maximum Gasteiger partial charge on any atom is 0.215 e. The van der Waals surface area contributed by atoms with Crippen LogP contribution in [0.1, 0.15) is 13.8 Å². The zero-order chi connectivity index (χ0) is 20.4. The van der Waals surface area contributed by atoms with Crippen molar-refractivity contribution in [2.75, 3.05) is 50.0 Å². The molecule has 0 radical (unpaired) electrons. The molecule has 1 atom stereocenters. The van der Waals surface area contributed by atoms with Crippen molar-refractivity contribution in [3.05, 3.63) is 30.1 Å². The second-order valence-electron chi connectivity index (χ2n) is 6.33. The second kappa shape index (κ2) is 11.5. The van der Waals surface area contributed by atoms with E-state index in [-0.39, 0.29) is 24.2 Å². The molecule has 0 saturated carbocycles. The van der Waals surface area contributed by atoms with Gasteiger partial charge in [-0.25, -0.2) is 22.1 Å². The summed E-state index contributed by atoms with van der Waals surface area (Å²) in [5.41, 5.74) is 0. The molecule has 2 rings (SSSR count). The van der Waals surface area contributed by atoms with Gasteiger partial charge < -0.3 is 15.4 Å². The lowest BCUT2D eigenvalue weighted by molar-refractivity contribution is 0.220. The first-order valence-electron chi connectivity index (χ1n) is 9.41. The van der Waals surface area contributed by atoms with Crippen molar-refractivity contribution in [2.45, 2.75) is 20.0 Å². The first-order valence-corrected chi connectivity index (χ1v) is 12.2. The molecule has 28 heavy (non-hydrogen) atoms. The van der Waals surface area contributed by atoms with E-state index in [2.05, 4.69) is 15.6 Å². The number of sulfonamides is 1. The number of para-hydroxylation sites is 1. The Morgan fingerprint density at radius 1 is 1.32 bits per heavy atom. The van der Waals surface area contributed by atoms with Crippen molar-refractivity contribution in [1.29, 1.82) is 0 Å². The number of guanidine groups is 1. The maximum atomic E-state index is 13.7. The number of rotatable bonds is 9. The first kappa shape index (κ1) is 22.8. The Morgan fingerprint density at radius 2 is 2.04 bits per heavy atom. The third-order valence-corrected chi connectivity index (χ3v) is 6.85. The average Bonchev–Trinajstić information content (AvgIpc) is 2.68. The minimum atomic E-state index is -3.26. The minimum absolute atomic E-state index is 0.0172. The molecule has 0 aliphatic carbocycles. The zero-order valence-corrected chi connectivity index (χ0v) is 18.0. The van der Waals surface area contributed by atoms with Crippen molar-refractivity contribution in [1.82, 2.24) is 14.9 Å². The lowest BCUT2D eigenvalue weighted by Crippen LogP contribution is -2.44. The highest BCUT2D eigenvalue weighted by atomic mass is 32.2. The van der Waals surface area contributed by atoms with E-state index in [1.807, 2.05) is 6.92 Å². The molecule has 10 heteroatoms. The van der Waals surface area contributed by atoms with E-state index >= 15 is 0 Å². The largest absolute Gasteiger partial charge is 0.486 e. The molecule has 1 heterocycles. The molecule has 1 saturated heterocycles. The summed E-state index contributed by atoms with van der Waals surface area (Å²) in [5, 5.41) is 6.12. The van der Waals surface area contributed by atoms with Gasteiger partial charge in [0.25, 0.3) is 0 Å². The number of hydrogen-bond donors (Lipinski definition) is 2. The molecule has 1 aliphatic heterocycles. The Morgan fingerprint density at radius 3 is 2.71 bits per heavy atom. The van der Waals surface area contributed by atoms with Crippen LogP contribution in [-0.2, 0) is 10.0 Å². The highest BCUT2D eigenvalue weighted by Gasteiger charge is 2.23. The SMILES string of the molecule is CCNC(=NCC(C)Oc1ccccc1F)NCCS(=O)(=O)N1CCSCC1. The van der Waals surface area contributed by atoms with E-state index in [1.165, 1.54) is 6.07 Å². The molecule has 1 aliphatic rings. The Bertz CT molecular complexity index is 740. The fourth-order valence-electron chi connectivity index (χ4n) is 2.61. The van der Waals surface area contributed by atoms with Crippen LogP contribution < -0.4 is 15.4 Å². The van der Waals surface area contributed by atoms with E-state index in [4.69, 9.17) is 4.74 Å². The number of benzene rings is 1. The average molecular weight is 433 g/mol. The zero-order valence-electron chi connectivity index (χ0n) is 16.4.